The summed E-state index contributed by atoms with van der Waals surface area (Å²) in [5.41, 5.74) is 10.6. The van der Waals surface area contributed by atoms with Gasteiger partial charge in [0.05, 0.1) is 5.38 Å². The van der Waals surface area contributed by atoms with E-state index in [0.717, 1.165) is 19.4 Å². The number of hydrogen-bond acceptors (Lipinski definition) is 0. The second-order valence-electron chi connectivity index (χ2n) is 8.05. The van der Waals surface area contributed by atoms with Gasteiger partial charge in [0, 0.05) is 22.8 Å². The molecule has 4 aromatic rings. The fourth-order valence-corrected chi connectivity index (χ4v) is 4.81. The summed E-state index contributed by atoms with van der Waals surface area (Å²) in [5, 5.41) is 0.0400. The van der Waals surface area contributed by atoms with Crippen LogP contribution in [0.3, 0.4) is 0 Å². The van der Waals surface area contributed by atoms with Crippen molar-refractivity contribution >= 4 is 11.6 Å². The van der Waals surface area contributed by atoms with Gasteiger partial charge in [-0.15, -0.1) is 11.6 Å². The Morgan fingerprint density at radius 2 is 1.40 bits per heavy atom. The topological polar surface area (TPSA) is 3.88 Å². The van der Waals surface area contributed by atoms with Crippen LogP contribution in [0.1, 0.15) is 18.1 Å². The van der Waals surface area contributed by atoms with Crippen molar-refractivity contribution in [2.45, 2.75) is 31.7 Å². The monoisotopic (exact) mass is 410 g/mol. The minimum Gasteiger partial charge on any atom is -0.190 e. The van der Waals surface area contributed by atoms with Gasteiger partial charge in [0.25, 0.3) is 0 Å². The smallest absolute Gasteiger partial charge is 0.190 e. The number of rotatable bonds is 4. The zero-order valence-electron chi connectivity index (χ0n) is 17.2. The molecule has 1 heterocycles. The average Bonchev–Trinajstić information content (AvgIpc) is 2.79. The fourth-order valence-electron chi connectivity index (χ4n) is 4.67. The lowest BCUT2D eigenvalue weighted by molar-refractivity contribution is -0.675. The first-order valence-electron chi connectivity index (χ1n) is 10.7. The van der Waals surface area contributed by atoms with Crippen molar-refractivity contribution in [3.63, 3.8) is 0 Å². The third kappa shape index (κ3) is 3.44. The van der Waals surface area contributed by atoms with E-state index in [1.54, 1.807) is 0 Å². The Labute approximate surface area is 183 Å². The standard InChI is InChI=1S/C28H25ClN/c1-20(29)19-30-27(23-13-6-3-7-14-23)18-26(21-10-4-2-5-11-21)25-17-16-22-12-8-9-15-24(22)28(25)30/h2-15,18,20H,16-17,19H2,1H3/q+1. The number of fused-ring (bicyclic) bond motifs is 3. The highest BCUT2D eigenvalue weighted by Gasteiger charge is 2.32. The van der Waals surface area contributed by atoms with Gasteiger partial charge < -0.3 is 0 Å². The molecule has 1 aliphatic carbocycles. The molecule has 5 rings (SSSR count). The van der Waals surface area contributed by atoms with Gasteiger partial charge in [-0.1, -0.05) is 66.7 Å². The second kappa shape index (κ2) is 8.08. The Kier molecular flexibility index (Phi) is 5.14. The number of pyridine rings is 1. The molecule has 0 aliphatic heterocycles. The highest BCUT2D eigenvalue weighted by molar-refractivity contribution is 6.20. The summed E-state index contributed by atoms with van der Waals surface area (Å²) in [5.74, 6) is 0. The maximum Gasteiger partial charge on any atom is 0.217 e. The van der Waals surface area contributed by atoms with E-state index in [9.17, 15) is 0 Å². The quantitative estimate of drug-likeness (QED) is 0.260. The summed E-state index contributed by atoms with van der Waals surface area (Å²) in [7, 11) is 0. The molecule has 0 radical (unpaired) electrons. The fraction of sp³-hybridized carbons (Fsp3) is 0.179. The van der Waals surface area contributed by atoms with Gasteiger partial charge in [-0.3, -0.25) is 0 Å². The molecule has 1 aliphatic rings. The van der Waals surface area contributed by atoms with Gasteiger partial charge in [0.1, 0.15) is 0 Å². The third-order valence-corrected chi connectivity index (χ3v) is 6.10. The molecule has 3 aromatic carbocycles. The molecule has 0 saturated carbocycles. The summed E-state index contributed by atoms with van der Waals surface area (Å²) in [6, 6.07) is 32.7. The molecule has 0 bridgehead atoms. The predicted octanol–water partition coefficient (Wildman–Crippen LogP) is 6.70. The van der Waals surface area contributed by atoms with Crippen LogP contribution in [0.15, 0.2) is 91.0 Å². The molecule has 0 spiro atoms. The molecule has 0 saturated heterocycles. The average molecular weight is 411 g/mol. The molecule has 30 heavy (non-hydrogen) atoms. The zero-order valence-corrected chi connectivity index (χ0v) is 17.9. The lowest BCUT2D eigenvalue weighted by atomic mass is 9.83. The molecule has 0 amide bonds. The van der Waals surface area contributed by atoms with Crippen molar-refractivity contribution < 1.29 is 4.57 Å². The van der Waals surface area contributed by atoms with Gasteiger partial charge in [-0.05, 0) is 54.7 Å². The van der Waals surface area contributed by atoms with Crippen LogP contribution in [0.2, 0.25) is 0 Å². The maximum atomic E-state index is 6.58. The van der Waals surface area contributed by atoms with Gasteiger partial charge in [0.15, 0.2) is 6.54 Å². The Balaban J connectivity index is 1.88. The van der Waals surface area contributed by atoms with E-state index in [-0.39, 0.29) is 5.38 Å². The van der Waals surface area contributed by atoms with Crippen molar-refractivity contribution in [2.24, 2.45) is 0 Å². The van der Waals surface area contributed by atoms with Crippen molar-refractivity contribution in [2.75, 3.05) is 0 Å². The van der Waals surface area contributed by atoms with Crippen LogP contribution in [0.5, 0.6) is 0 Å². The van der Waals surface area contributed by atoms with Crippen molar-refractivity contribution in [1.29, 1.82) is 0 Å². The van der Waals surface area contributed by atoms with Crippen molar-refractivity contribution in [1.82, 2.24) is 0 Å². The molecular formula is C28H25ClN+. The van der Waals surface area contributed by atoms with Crippen LogP contribution in [0.4, 0.5) is 0 Å². The van der Waals surface area contributed by atoms with Crippen molar-refractivity contribution in [3.05, 3.63) is 102 Å². The maximum absolute atomic E-state index is 6.58. The lowest BCUT2D eigenvalue weighted by Crippen LogP contribution is -2.44. The van der Waals surface area contributed by atoms with Gasteiger partial charge in [-0.25, -0.2) is 0 Å². The number of alkyl halides is 1. The number of benzene rings is 3. The largest absolute Gasteiger partial charge is 0.217 e. The summed E-state index contributed by atoms with van der Waals surface area (Å²) < 4.78 is 2.45. The van der Waals surface area contributed by atoms with E-state index in [4.69, 9.17) is 11.6 Å². The van der Waals surface area contributed by atoms with E-state index < -0.39 is 0 Å². The first-order chi connectivity index (χ1) is 14.7. The Hall–Kier alpha value is -2.90. The van der Waals surface area contributed by atoms with Crippen LogP contribution in [-0.2, 0) is 19.4 Å². The molecule has 1 atom stereocenters. The molecule has 1 aromatic heterocycles. The first-order valence-corrected chi connectivity index (χ1v) is 11.1. The van der Waals surface area contributed by atoms with E-state index >= 15 is 0 Å². The highest BCUT2D eigenvalue weighted by atomic mass is 35.5. The number of nitrogens with zero attached hydrogens (tertiary/aromatic N) is 1. The van der Waals surface area contributed by atoms with Crippen LogP contribution >= 0.6 is 11.6 Å². The van der Waals surface area contributed by atoms with Crippen LogP contribution in [0.25, 0.3) is 33.6 Å². The molecule has 2 heteroatoms. The molecule has 0 fully saturated rings. The normalized spacial score (nSPS) is 13.4. The van der Waals surface area contributed by atoms with Crippen LogP contribution < -0.4 is 4.57 Å². The molecule has 1 unspecified atom stereocenters. The Morgan fingerprint density at radius 3 is 2.10 bits per heavy atom. The summed E-state index contributed by atoms with van der Waals surface area (Å²) in [6.07, 6.45) is 2.12. The van der Waals surface area contributed by atoms with E-state index in [2.05, 4.69) is 102 Å². The minimum atomic E-state index is 0.0400. The predicted molar refractivity (Wildman–Crippen MR) is 126 cm³/mol. The lowest BCUT2D eigenvalue weighted by Gasteiger charge is -2.23. The first kappa shape index (κ1) is 19.1. The highest BCUT2D eigenvalue weighted by Crippen LogP contribution is 2.39. The number of aryl methyl sites for hydroxylation is 1. The SMILES string of the molecule is CC(Cl)C[n+]1c(-c2ccccc2)cc(-c2ccccc2)c2c1-c1ccccc1CC2. The van der Waals surface area contributed by atoms with Crippen LogP contribution in [0, 0.1) is 0 Å². The Bertz CT molecular complexity index is 1180. The third-order valence-electron chi connectivity index (χ3n) is 5.96. The number of halogens is 1. The minimum absolute atomic E-state index is 0.0400. The second-order valence-corrected chi connectivity index (χ2v) is 8.80. The van der Waals surface area contributed by atoms with Crippen LogP contribution in [-0.4, -0.2) is 5.38 Å². The summed E-state index contributed by atoms with van der Waals surface area (Å²) in [6.45, 7) is 2.85. The molecular weight excluding hydrogens is 386 g/mol. The molecule has 1 nitrogen and oxygen atoms in total. The van der Waals surface area contributed by atoms with Gasteiger partial charge in [-0.2, -0.15) is 4.57 Å². The van der Waals surface area contributed by atoms with E-state index in [1.165, 1.54) is 44.8 Å². The van der Waals surface area contributed by atoms with Crippen molar-refractivity contribution in [3.8, 4) is 33.6 Å². The van der Waals surface area contributed by atoms with Gasteiger partial charge >= 0.3 is 0 Å². The summed E-state index contributed by atoms with van der Waals surface area (Å²) in [4.78, 5) is 0. The van der Waals surface area contributed by atoms with E-state index in [1.807, 2.05) is 0 Å². The number of hydrogen-bond donors (Lipinski definition) is 0. The van der Waals surface area contributed by atoms with E-state index in [0.29, 0.717) is 0 Å². The zero-order chi connectivity index (χ0) is 20.5. The molecule has 148 valence electrons. The number of aromatic nitrogens is 1. The molecule has 0 N–H and O–H groups in total. The summed E-state index contributed by atoms with van der Waals surface area (Å²) >= 11 is 6.58. The Morgan fingerprint density at radius 1 is 0.767 bits per heavy atom. The van der Waals surface area contributed by atoms with Gasteiger partial charge in [0.2, 0.25) is 11.4 Å².